The largest absolute Gasteiger partial charge is 0.352 e. The number of hydrogen-bond donors (Lipinski definition) is 0. The highest BCUT2D eigenvalue weighted by atomic mass is 32.2. The third kappa shape index (κ3) is 2.92. The lowest BCUT2D eigenvalue weighted by atomic mass is 10.2. The molecule has 0 N–H and O–H groups in total. The first kappa shape index (κ1) is 14.4. The molecule has 0 bridgehead atoms. The van der Waals surface area contributed by atoms with Crippen molar-refractivity contribution in [2.24, 2.45) is 0 Å². The number of carbonyl (C=O) groups excluding carboxylic acids is 1. The van der Waals surface area contributed by atoms with Crippen molar-refractivity contribution in [1.29, 1.82) is 0 Å². The van der Waals surface area contributed by atoms with Crippen LogP contribution in [0.4, 0.5) is 11.8 Å². The fourth-order valence-corrected chi connectivity index (χ4v) is 3.77. The predicted octanol–water partition coefficient (Wildman–Crippen LogP) is 0.859. The summed E-state index contributed by atoms with van der Waals surface area (Å²) < 4.78 is 0. The lowest BCUT2D eigenvalue weighted by Crippen LogP contribution is -2.46. The fourth-order valence-electron chi connectivity index (χ4n) is 2.66. The Kier molecular flexibility index (Phi) is 4.19. The van der Waals surface area contributed by atoms with E-state index in [0.717, 1.165) is 56.5 Å². The van der Waals surface area contributed by atoms with E-state index in [1.165, 1.54) is 17.0 Å². The molecule has 1 aromatic rings. The van der Waals surface area contributed by atoms with Crippen LogP contribution in [0.2, 0.25) is 0 Å². The van der Waals surface area contributed by atoms with Crippen LogP contribution in [-0.2, 0) is 11.2 Å². The van der Waals surface area contributed by atoms with Crippen LogP contribution in [0.3, 0.4) is 0 Å². The fraction of sp³-hybridized carbons (Fsp3) is 0.643. The molecule has 0 spiro atoms. The molecule has 0 aliphatic carbocycles. The van der Waals surface area contributed by atoms with Gasteiger partial charge in [-0.2, -0.15) is 4.98 Å². The highest BCUT2D eigenvalue weighted by Gasteiger charge is 2.25. The second-order valence-corrected chi connectivity index (χ2v) is 6.70. The molecule has 1 aromatic heterocycles. The number of aromatic nitrogens is 2. The summed E-state index contributed by atoms with van der Waals surface area (Å²) in [4.78, 5) is 27.6. The van der Waals surface area contributed by atoms with Gasteiger partial charge in [-0.3, -0.25) is 4.79 Å². The second kappa shape index (κ2) is 6.09. The molecule has 21 heavy (non-hydrogen) atoms. The van der Waals surface area contributed by atoms with Gasteiger partial charge < -0.3 is 14.7 Å². The summed E-state index contributed by atoms with van der Waals surface area (Å²) in [7, 11) is 3.96. The van der Waals surface area contributed by atoms with Crippen molar-refractivity contribution < 1.29 is 4.79 Å². The first-order chi connectivity index (χ1) is 10.2. The lowest BCUT2D eigenvalue weighted by molar-refractivity contribution is -0.118. The van der Waals surface area contributed by atoms with Crippen LogP contribution < -0.4 is 9.80 Å². The molecule has 0 atom stereocenters. The van der Waals surface area contributed by atoms with Crippen LogP contribution in [0.25, 0.3) is 0 Å². The van der Waals surface area contributed by atoms with E-state index >= 15 is 0 Å². The Hall–Kier alpha value is -1.50. The average Bonchev–Trinajstić information content (AvgIpc) is 2.54. The van der Waals surface area contributed by atoms with E-state index < -0.39 is 0 Å². The first-order valence-electron chi connectivity index (χ1n) is 7.34. The third-order valence-corrected chi connectivity index (χ3v) is 5.07. The second-order valence-electron chi connectivity index (χ2n) is 5.60. The van der Waals surface area contributed by atoms with Crippen LogP contribution >= 0.6 is 11.8 Å². The van der Waals surface area contributed by atoms with Gasteiger partial charge in [0.25, 0.3) is 0 Å². The molecule has 1 fully saturated rings. The van der Waals surface area contributed by atoms with E-state index in [1.807, 2.05) is 35.7 Å². The van der Waals surface area contributed by atoms with Gasteiger partial charge in [-0.1, -0.05) is 0 Å². The summed E-state index contributed by atoms with van der Waals surface area (Å²) in [5.41, 5.74) is 1.18. The number of rotatable bonds is 3. The Balaban J connectivity index is 1.92. The Morgan fingerprint density at radius 2 is 1.95 bits per heavy atom. The van der Waals surface area contributed by atoms with E-state index in [9.17, 15) is 4.79 Å². The van der Waals surface area contributed by atoms with Gasteiger partial charge in [-0.15, -0.1) is 11.8 Å². The summed E-state index contributed by atoms with van der Waals surface area (Å²) in [5.74, 6) is 2.97. The van der Waals surface area contributed by atoms with Crippen LogP contribution in [0.15, 0.2) is 4.90 Å². The minimum atomic E-state index is 0.768. The van der Waals surface area contributed by atoms with Crippen molar-refractivity contribution >= 4 is 29.9 Å². The van der Waals surface area contributed by atoms with Crippen molar-refractivity contribution in [3.63, 3.8) is 0 Å². The Morgan fingerprint density at radius 3 is 2.62 bits per heavy atom. The predicted molar refractivity (Wildman–Crippen MR) is 85.3 cm³/mol. The van der Waals surface area contributed by atoms with Crippen LogP contribution in [0.1, 0.15) is 12.1 Å². The molecule has 0 saturated carbocycles. The molecule has 0 unspecified atom stereocenters. The Morgan fingerprint density at radius 1 is 1.19 bits per heavy atom. The van der Waals surface area contributed by atoms with Crippen molar-refractivity contribution in [3.05, 3.63) is 5.69 Å². The molecular formula is C14H21N5OS. The van der Waals surface area contributed by atoms with Crippen LogP contribution in [0.5, 0.6) is 0 Å². The number of hydrogen-bond acceptors (Lipinski definition) is 6. The topological polar surface area (TPSA) is 52.6 Å². The number of anilines is 2. The van der Waals surface area contributed by atoms with Gasteiger partial charge in [0.15, 0.2) is 0 Å². The Bertz CT molecular complexity index is 528. The molecule has 7 heteroatoms. The summed E-state index contributed by atoms with van der Waals surface area (Å²) in [6.45, 7) is 3.22. The number of nitrogens with zero attached hydrogens (tertiary/aromatic N) is 5. The van der Waals surface area contributed by atoms with Gasteiger partial charge in [0.1, 0.15) is 5.82 Å². The highest BCUT2D eigenvalue weighted by molar-refractivity contribution is 7.99. The molecule has 1 saturated heterocycles. The monoisotopic (exact) mass is 307 g/mol. The average molecular weight is 307 g/mol. The highest BCUT2D eigenvalue weighted by Crippen LogP contribution is 2.37. The van der Waals surface area contributed by atoms with Gasteiger partial charge in [-0.05, 0) is 18.6 Å². The van der Waals surface area contributed by atoms with E-state index in [4.69, 9.17) is 9.97 Å². The number of amides is 1. The van der Waals surface area contributed by atoms with Crippen LogP contribution in [0, 0.1) is 0 Å². The van der Waals surface area contributed by atoms with Crippen molar-refractivity contribution in [3.8, 4) is 0 Å². The zero-order chi connectivity index (χ0) is 14.8. The molecule has 3 heterocycles. The van der Waals surface area contributed by atoms with E-state index in [-0.39, 0.29) is 0 Å². The number of thioether (sulfide) groups is 1. The maximum atomic E-state index is 10.9. The normalized spacial score (nSPS) is 18.4. The third-order valence-electron chi connectivity index (χ3n) is 3.87. The molecule has 114 valence electrons. The molecule has 0 aromatic carbocycles. The van der Waals surface area contributed by atoms with Gasteiger partial charge in [0.2, 0.25) is 12.4 Å². The molecule has 1 amide bonds. The van der Waals surface area contributed by atoms with Gasteiger partial charge in [-0.25, -0.2) is 4.98 Å². The van der Waals surface area contributed by atoms with Gasteiger partial charge in [0, 0.05) is 40.3 Å². The SMILES string of the molecule is CN(C)c1nc2c(c(N3CCN(C=O)CC3)n1)SCCC2. The first-order valence-corrected chi connectivity index (χ1v) is 8.33. The van der Waals surface area contributed by atoms with Gasteiger partial charge >= 0.3 is 0 Å². The van der Waals surface area contributed by atoms with E-state index in [0.29, 0.717) is 0 Å². The van der Waals surface area contributed by atoms with Crippen molar-refractivity contribution in [2.45, 2.75) is 17.7 Å². The summed E-state index contributed by atoms with van der Waals surface area (Å²) in [6.07, 6.45) is 3.15. The quantitative estimate of drug-likeness (QED) is 0.772. The number of fused-ring (bicyclic) bond motifs is 1. The van der Waals surface area contributed by atoms with Gasteiger partial charge in [0.05, 0.1) is 10.6 Å². The maximum Gasteiger partial charge on any atom is 0.227 e. The maximum absolute atomic E-state index is 10.9. The zero-order valence-electron chi connectivity index (χ0n) is 12.6. The minimum absolute atomic E-state index is 0.768. The lowest BCUT2D eigenvalue weighted by Gasteiger charge is -2.35. The minimum Gasteiger partial charge on any atom is -0.352 e. The molecule has 0 radical (unpaired) electrons. The molecular weight excluding hydrogens is 286 g/mol. The summed E-state index contributed by atoms with van der Waals surface area (Å²) >= 11 is 1.87. The molecule has 3 rings (SSSR count). The van der Waals surface area contributed by atoms with Crippen molar-refractivity contribution in [1.82, 2.24) is 14.9 Å². The molecule has 6 nitrogen and oxygen atoms in total. The van der Waals surface area contributed by atoms with Crippen LogP contribution in [-0.4, -0.2) is 67.3 Å². The number of carbonyl (C=O) groups is 1. The summed E-state index contributed by atoms with van der Waals surface area (Å²) in [6, 6.07) is 0. The zero-order valence-corrected chi connectivity index (χ0v) is 13.4. The molecule has 2 aliphatic heterocycles. The standard InChI is InChI=1S/C14H21N5OS/c1-17(2)14-15-11-4-3-9-21-12(11)13(16-14)19-7-5-18(10-20)6-8-19/h10H,3-9H2,1-2H3. The summed E-state index contributed by atoms with van der Waals surface area (Å²) in [5, 5.41) is 0. The number of piperazine rings is 1. The Labute approximate surface area is 129 Å². The van der Waals surface area contributed by atoms with E-state index in [1.54, 1.807) is 0 Å². The van der Waals surface area contributed by atoms with Crippen molar-refractivity contribution in [2.75, 3.05) is 55.8 Å². The van der Waals surface area contributed by atoms with E-state index in [2.05, 4.69) is 4.90 Å². The molecule has 2 aliphatic rings. The number of aryl methyl sites for hydroxylation is 1. The smallest absolute Gasteiger partial charge is 0.227 e.